The topological polar surface area (TPSA) is 39.2 Å². The summed E-state index contributed by atoms with van der Waals surface area (Å²) in [6.07, 6.45) is 1.45. The van der Waals surface area contributed by atoms with Crippen LogP contribution in [0.15, 0.2) is 24.3 Å². The van der Waals surface area contributed by atoms with Gasteiger partial charge < -0.3 is 4.74 Å². The molecule has 0 saturated carbocycles. The van der Waals surface area contributed by atoms with Gasteiger partial charge in [0.05, 0.1) is 22.2 Å². The number of aryl methyl sites for hydroxylation is 2. The third-order valence-electron chi connectivity index (χ3n) is 3.67. The van der Waals surface area contributed by atoms with Crippen molar-refractivity contribution in [2.24, 2.45) is 0 Å². The number of nitrogens with zero attached hydrogens (tertiary/aromatic N) is 1. The van der Waals surface area contributed by atoms with Crippen molar-refractivity contribution in [3.8, 4) is 5.75 Å². The molecule has 0 saturated heterocycles. The zero-order chi connectivity index (χ0) is 14.1. The molecule has 0 radical (unpaired) electrons. The van der Waals surface area contributed by atoms with Gasteiger partial charge in [0.25, 0.3) is 0 Å². The van der Waals surface area contributed by atoms with Gasteiger partial charge in [-0.2, -0.15) is 0 Å². The Morgan fingerprint density at radius 1 is 1.40 bits per heavy atom. The highest BCUT2D eigenvalue weighted by Gasteiger charge is 2.25. The maximum atomic E-state index is 12.5. The lowest BCUT2D eigenvalue weighted by molar-refractivity contribution is 0.0969. The molecule has 2 aromatic rings. The average Bonchev–Trinajstić information content (AvgIpc) is 2.78. The van der Waals surface area contributed by atoms with E-state index in [1.165, 1.54) is 11.3 Å². The predicted molar refractivity (Wildman–Crippen MR) is 79.8 cm³/mol. The number of hydrogen-bond donors (Lipinski definition) is 0. The molecule has 1 unspecified atom stereocenters. The quantitative estimate of drug-likeness (QED) is 0.804. The molecule has 1 atom stereocenters. The Morgan fingerprint density at radius 2 is 2.20 bits per heavy atom. The van der Waals surface area contributed by atoms with E-state index in [0.29, 0.717) is 13.0 Å². The van der Waals surface area contributed by atoms with Crippen LogP contribution in [0.4, 0.5) is 0 Å². The molecule has 1 aliphatic heterocycles. The Hall–Kier alpha value is -1.68. The van der Waals surface area contributed by atoms with Gasteiger partial charge in [-0.25, -0.2) is 4.98 Å². The lowest BCUT2D eigenvalue weighted by Crippen LogP contribution is -2.17. The highest BCUT2D eigenvalue weighted by Crippen LogP contribution is 2.36. The molecule has 1 aromatic carbocycles. The molecule has 1 aliphatic rings. The number of rotatable bonds is 3. The first-order chi connectivity index (χ1) is 9.65. The molecule has 4 heteroatoms. The Labute approximate surface area is 122 Å². The van der Waals surface area contributed by atoms with Gasteiger partial charge in [0.1, 0.15) is 5.75 Å². The molecule has 0 amide bonds. The van der Waals surface area contributed by atoms with Crippen molar-refractivity contribution in [2.45, 2.75) is 32.6 Å². The van der Waals surface area contributed by atoms with Gasteiger partial charge in [0, 0.05) is 6.42 Å². The Bertz CT molecular complexity index is 648. The second kappa shape index (κ2) is 5.37. The highest BCUT2D eigenvalue weighted by atomic mass is 32.1. The number of ketones is 1. The molecule has 0 aliphatic carbocycles. The van der Waals surface area contributed by atoms with Crippen LogP contribution in [0, 0.1) is 13.8 Å². The molecule has 0 fully saturated rings. The number of fused-ring (bicyclic) bond motifs is 1. The van der Waals surface area contributed by atoms with Gasteiger partial charge in [-0.15, -0.1) is 11.3 Å². The highest BCUT2D eigenvalue weighted by molar-refractivity contribution is 7.13. The number of carbonyl (C=O) groups is 1. The smallest absolute Gasteiger partial charge is 0.175 e. The zero-order valence-corrected chi connectivity index (χ0v) is 12.5. The Kier molecular flexibility index (Phi) is 3.57. The standard InChI is InChI=1S/C16H17NO2S/c1-10-16(20-11(2)17-10)14(18)9-12-7-8-19-15-6-4-3-5-13(12)15/h3-6,12H,7-9H2,1-2H3. The van der Waals surface area contributed by atoms with Gasteiger partial charge in [-0.1, -0.05) is 18.2 Å². The van der Waals surface area contributed by atoms with Gasteiger partial charge in [0.2, 0.25) is 0 Å². The SMILES string of the molecule is Cc1nc(C)c(C(=O)CC2CCOc3ccccc32)s1. The zero-order valence-electron chi connectivity index (χ0n) is 11.7. The first-order valence-corrected chi connectivity index (χ1v) is 7.65. The molecule has 20 heavy (non-hydrogen) atoms. The minimum atomic E-state index is 0.204. The van der Waals surface area contributed by atoms with Crippen LogP contribution in [0.3, 0.4) is 0 Å². The number of carbonyl (C=O) groups excluding carboxylic acids is 1. The van der Waals surface area contributed by atoms with E-state index in [1.807, 2.05) is 32.0 Å². The summed E-state index contributed by atoms with van der Waals surface area (Å²) in [6, 6.07) is 8.03. The first-order valence-electron chi connectivity index (χ1n) is 6.84. The summed E-state index contributed by atoms with van der Waals surface area (Å²) >= 11 is 1.50. The average molecular weight is 287 g/mol. The first kappa shape index (κ1) is 13.3. The number of ether oxygens (including phenoxy) is 1. The second-order valence-corrected chi connectivity index (χ2v) is 6.35. The number of thiazole rings is 1. The number of benzene rings is 1. The maximum absolute atomic E-state index is 12.5. The van der Waals surface area contributed by atoms with Crippen LogP contribution in [0.5, 0.6) is 5.75 Å². The Balaban J connectivity index is 1.82. The van der Waals surface area contributed by atoms with Crippen LogP contribution in [-0.4, -0.2) is 17.4 Å². The minimum Gasteiger partial charge on any atom is -0.493 e. The van der Waals surface area contributed by atoms with Gasteiger partial charge in [-0.3, -0.25) is 4.79 Å². The number of hydrogen-bond acceptors (Lipinski definition) is 4. The third-order valence-corrected chi connectivity index (χ3v) is 4.79. The molecule has 0 bridgehead atoms. The number of aromatic nitrogens is 1. The molecule has 0 N–H and O–H groups in total. The van der Waals surface area contributed by atoms with Crippen LogP contribution in [0.25, 0.3) is 0 Å². The van der Waals surface area contributed by atoms with Crippen LogP contribution < -0.4 is 4.74 Å². The van der Waals surface area contributed by atoms with Crippen molar-refractivity contribution >= 4 is 17.1 Å². The van der Waals surface area contributed by atoms with E-state index in [-0.39, 0.29) is 11.7 Å². The summed E-state index contributed by atoms with van der Waals surface area (Å²) in [4.78, 5) is 17.6. The Morgan fingerprint density at radius 3 is 2.95 bits per heavy atom. The predicted octanol–water partition coefficient (Wildman–Crippen LogP) is 3.90. The number of para-hydroxylation sites is 1. The molecule has 3 rings (SSSR count). The van der Waals surface area contributed by atoms with Crippen molar-refractivity contribution in [1.82, 2.24) is 4.98 Å². The second-order valence-electron chi connectivity index (χ2n) is 5.15. The van der Waals surface area contributed by atoms with E-state index < -0.39 is 0 Å². The van der Waals surface area contributed by atoms with E-state index in [0.717, 1.165) is 33.3 Å². The maximum Gasteiger partial charge on any atom is 0.175 e. The van der Waals surface area contributed by atoms with E-state index in [1.54, 1.807) is 0 Å². The summed E-state index contributed by atoms with van der Waals surface area (Å²) in [5.41, 5.74) is 2.02. The van der Waals surface area contributed by atoms with Crippen molar-refractivity contribution in [1.29, 1.82) is 0 Å². The molecular weight excluding hydrogens is 270 g/mol. The lowest BCUT2D eigenvalue weighted by atomic mass is 9.88. The normalized spacial score (nSPS) is 17.4. The molecular formula is C16H17NO2S. The summed E-state index contributed by atoms with van der Waals surface area (Å²) in [5, 5.41) is 0.957. The van der Waals surface area contributed by atoms with E-state index in [4.69, 9.17) is 4.74 Å². The fraction of sp³-hybridized carbons (Fsp3) is 0.375. The molecule has 3 nitrogen and oxygen atoms in total. The van der Waals surface area contributed by atoms with Crippen LogP contribution >= 0.6 is 11.3 Å². The van der Waals surface area contributed by atoms with E-state index >= 15 is 0 Å². The summed E-state index contributed by atoms with van der Waals surface area (Å²) in [6.45, 7) is 4.54. The fourth-order valence-corrected chi connectivity index (χ4v) is 3.60. The lowest BCUT2D eigenvalue weighted by Gasteiger charge is -2.25. The summed E-state index contributed by atoms with van der Waals surface area (Å²) in [7, 11) is 0. The van der Waals surface area contributed by atoms with Crippen molar-refractivity contribution < 1.29 is 9.53 Å². The van der Waals surface area contributed by atoms with E-state index in [9.17, 15) is 4.79 Å². The molecule has 104 valence electrons. The van der Waals surface area contributed by atoms with Crippen LogP contribution in [0.2, 0.25) is 0 Å². The fourth-order valence-electron chi connectivity index (χ4n) is 2.73. The minimum absolute atomic E-state index is 0.204. The van der Waals surface area contributed by atoms with Crippen LogP contribution in [0.1, 0.15) is 44.7 Å². The van der Waals surface area contributed by atoms with Gasteiger partial charge in [0.15, 0.2) is 5.78 Å². The van der Waals surface area contributed by atoms with Crippen LogP contribution in [-0.2, 0) is 0 Å². The molecule has 2 heterocycles. The van der Waals surface area contributed by atoms with Gasteiger partial charge >= 0.3 is 0 Å². The molecule has 0 spiro atoms. The third kappa shape index (κ3) is 2.48. The molecule has 1 aromatic heterocycles. The van der Waals surface area contributed by atoms with Crippen molar-refractivity contribution in [3.63, 3.8) is 0 Å². The van der Waals surface area contributed by atoms with Crippen molar-refractivity contribution in [2.75, 3.05) is 6.61 Å². The monoisotopic (exact) mass is 287 g/mol. The summed E-state index contributed by atoms with van der Waals surface area (Å²) < 4.78 is 5.65. The summed E-state index contributed by atoms with van der Waals surface area (Å²) in [5.74, 6) is 1.39. The van der Waals surface area contributed by atoms with E-state index in [2.05, 4.69) is 11.1 Å². The largest absolute Gasteiger partial charge is 0.493 e. The van der Waals surface area contributed by atoms with Crippen molar-refractivity contribution in [3.05, 3.63) is 45.4 Å². The van der Waals surface area contributed by atoms with Gasteiger partial charge in [-0.05, 0) is 37.8 Å². The number of Topliss-reactive ketones (excluding diaryl/α,β-unsaturated/α-hetero) is 1.